The molecule has 0 fully saturated rings. The monoisotopic (exact) mass is 268 g/mol. The molecule has 8 heteroatoms. The van der Waals surface area contributed by atoms with Crippen LogP contribution >= 0.6 is 0 Å². The number of carbonyl (C=O) groups excluding carboxylic acids is 1. The molecule has 0 unspecified atom stereocenters. The minimum absolute atomic E-state index is 0. The van der Waals surface area contributed by atoms with E-state index in [-0.39, 0.29) is 56.3 Å². The Hall–Kier alpha value is -0.124. The first-order valence-corrected chi connectivity index (χ1v) is 5.31. The van der Waals surface area contributed by atoms with Crippen LogP contribution in [0, 0.1) is 0 Å². The van der Waals surface area contributed by atoms with E-state index >= 15 is 0 Å². The predicted molar refractivity (Wildman–Crippen MR) is 53.8 cm³/mol. The van der Waals surface area contributed by atoms with Crippen molar-refractivity contribution in [3.8, 4) is 0 Å². The summed E-state index contributed by atoms with van der Waals surface area (Å²) in [5.74, 6) is 0. The van der Waals surface area contributed by atoms with Crippen LogP contribution in [-0.2, 0) is 14.8 Å². The van der Waals surface area contributed by atoms with Gasteiger partial charge in [0.2, 0.25) is 6.09 Å². The standard InChI is InChI=1S/C8H10N2O4S.K/c1-14-8(11)10-15(12,13)7-4-2-6(9)3-5-7;/h2-5H,9H2,1H3,(H,10,11);/q;+1/p-1. The first kappa shape index (κ1) is 15.9. The van der Waals surface area contributed by atoms with Crippen molar-refractivity contribution in [1.82, 2.24) is 0 Å². The molecular weight excluding hydrogens is 259 g/mol. The number of ether oxygens (including phenoxy) is 1. The number of carbonyl (C=O) groups is 1. The summed E-state index contributed by atoms with van der Waals surface area (Å²) in [5, 5.41) is 0. The van der Waals surface area contributed by atoms with Crippen molar-refractivity contribution < 1.29 is 69.3 Å². The average molecular weight is 268 g/mol. The third-order valence-corrected chi connectivity index (χ3v) is 2.80. The van der Waals surface area contributed by atoms with Gasteiger partial charge in [-0.25, -0.2) is 8.42 Å². The smallest absolute Gasteiger partial charge is 0.506 e. The number of benzene rings is 1. The van der Waals surface area contributed by atoms with Crippen LogP contribution in [0.3, 0.4) is 0 Å². The molecule has 0 aliphatic rings. The maximum Gasteiger partial charge on any atom is 1.00 e. The minimum Gasteiger partial charge on any atom is -0.506 e. The fourth-order valence-corrected chi connectivity index (χ4v) is 1.68. The van der Waals surface area contributed by atoms with Gasteiger partial charge in [0.25, 0.3) is 0 Å². The summed E-state index contributed by atoms with van der Waals surface area (Å²) in [5.41, 5.74) is 5.80. The normalized spacial score (nSPS) is 10.1. The molecule has 0 aliphatic heterocycles. The molecule has 1 aromatic rings. The van der Waals surface area contributed by atoms with Crippen LogP contribution in [0.2, 0.25) is 0 Å². The Morgan fingerprint density at radius 2 is 1.81 bits per heavy atom. The van der Waals surface area contributed by atoms with Gasteiger partial charge in [-0.15, -0.1) is 0 Å². The topological polar surface area (TPSA) is 101 Å². The summed E-state index contributed by atoms with van der Waals surface area (Å²) in [7, 11) is -2.95. The second-order valence-corrected chi connectivity index (χ2v) is 4.21. The third-order valence-electron chi connectivity index (χ3n) is 1.55. The number of nitrogens with zero attached hydrogens (tertiary/aromatic N) is 1. The molecule has 0 radical (unpaired) electrons. The average Bonchev–Trinajstić information content (AvgIpc) is 2.17. The molecule has 16 heavy (non-hydrogen) atoms. The van der Waals surface area contributed by atoms with Gasteiger partial charge in [-0.1, -0.05) is 0 Å². The number of rotatable bonds is 2. The van der Waals surface area contributed by atoms with Crippen LogP contribution in [0.25, 0.3) is 4.72 Å². The molecule has 1 rings (SSSR count). The number of amides is 1. The first-order chi connectivity index (χ1) is 6.95. The van der Waals surface area contributed by atoms with Crippen molar-refractivity contribution in [1.29, 1.82) is 0 Å². The number of anilines is 1. The summed E-state index contributed by atoms with van der Waals surface area (Å²) in [6, 6.07) is 5.33. The van der Waals surface area contributed by atoms with Gasteiger partial charge in [0.15, 0.2) is 0 Å². The van der Waals surface area contributed by atoms with E-state index in [9.17, 15) is 13.2 Å². The van der Waals surface area contributed by atoms with Crippen molar-refractivity contribution in [3.05, 3.63) is 29.0 Å². The number of hydrogen-bond acceptors (Lipinski definition) is 5. The molecule has 1 aromatic carbocycles. The van der Waals surface area contributed by atoms with Gasteiger partial charge in [0.05, 0.1) is 12.0 Å². The van der Waals surface area contributed by atoms with E-state index in [4.69, 9.17) is 5.73 Å². The molecule has 1 amide bonds. The molecule has 0 saturated heterocycles. The molecular formula is C8H9KN2O4S. The Balaban J connectivity index is 0.00000225. The van der Waals surface area contributed by atoms with Gasteiger partial charge in [-0.2, -0.15) is 0 Å². The van der Waals surface area contributed by atoms with Gasteiger partial charge in [-0.05, 0) is 24.3 Å². The number of hydrogen-bond donors (Lipinski definition) is 1. The Labute approximate surface area is 136 Å². The largest absolute Gasteiger partial charge is 1.00 e. The predicted octanol–water partition coefficient (Wildman–Crippen LogP) is -1.90. The Kier molecular flexibility index (Phi) is 6.52. The van der Waals surface area contributed by atoms with Gasteiger partial charge in [0, 0.05) is 5.69 Å². The molecule has 0 aromatic heterocycles. The van der Waals surface area contributed by atoms with E-state index in [0.717, 1.165) is 7.11 Å². The summed E-state index contributed by atoms with van der Waals surface area (Å²) >= 11 is 0. The number of nitrogen functional groups attached to an aromatic ring is 1. The van der Waals surface area contributed by atoms with E-state index < -0.39 is 16.1 Å². The van der Waals surface area contributed by atoms with Gasteiger partial charge in [0.1, 0.15) is 10.0 Å². The number of methoxy groups -OCH3 is 1. The Bertz CT molecular complexity index is 457. The van der Waals surface area contributed by atoms with Gasteiger partial charge < -0.3 is 15.2 Å². The molecule has 6 nitrogen and oxygen atoms in total. The molecule has 0 heterocycles. The fourth-order valence-electron chi connectivity index (χ4n) is 0.828. The van der Waals surface area contributed by atoms with Crippen LogP contribution in [0.5, 0.6) is 0 Å². The van der Waals surface area contributed by atoms with Crippen LogP contribution in [0.15, 0.2) is 29.2 Å². The zero-order chi connectivity index (χ0) is 11.5. The zero-order valence-electron chi connectivity index (χ0n) is 8.88. The van der Waals surface area contributed by atoms with Crippen LogP contribution in [0.4, 0.5) is 10.5 Å². The van der Waals surface area contributed by atoms with Crippen molar-refractivity contribution in [2.75, 3.05) is 12.8 Å². The van der Waals surface area contributed by atoms with Gasteiger partial charge >= 0.3 is 51.4 Å². The van der Waals surface area contributed by atoms with E-state index in [1.54, 1.807) is 0 Å². The maximum atomic E-state index is 11.4. The Morgan fingerprint density at radius 3 is 2.25 bits per heavy atom. The number of sulfonamides is 1. The van der Waals surface area contributed by atoms with Crippen LogP contribution < -0.4 is 57.1 Å². The molecule has 0 atom stereocenters. The zero-order valence-corrected chi connectivity index (χ0v) is 12.8. The molecule has 0 saturated carbocycles. The van der Waals surface area contributed by atoms with Gasteiger partial charge in [-0.3, -0.25) is 4.79 Å². The first-order valence-electron chi connectivity index (χ1n) is 3.87. The molecule has 0 spiro atoms. The van der Waals surface area contributed by atoms with Crippen molar-refractivity contribution >= 4 is 21.8 Å². The van der Waals surface area contributed by atoms with Crippen LogP contribution in [-0.4, -0.2) is 21.6 Å². The van der Waals surface area contributed by atoms with Crippen molar-refractivity contribution in [3.63, 3.8) is 0 Å². The summed E-state index contributed by atoms with van der Waals surface area (Å²) in [4.78, 5) is 10.6. The van der Waals surface area contributed by atoms with Crippen LogP contribution in [0.1, 0.15) is 0 Å². The molecule has 0 bridgehead atoms. The fraction of sp³-hybridized carbons (Fsp3) is 0.125. The molecule has 0 aliphatic carbocycles. The van der Waals surface area contributed by atoms with E-state index in [1.165, 1.54) is 24.3 Å². The third kappa shape index (κ3) is 4.40. The second kappa shape index (κ2) is 6.57. The molecule has 82 valence electrons. The van der Waals surface area contributed by atoms with E-state index in [0.29, 0.717) is 5.69 Å². The Morgan fingerprint density at radius 1 is 1.31 bits per heavy atom. The number of nitrogens with two attached hydrogens (primary N) is 1. The molecule has 2 N–H and O–H groups in total. The second-order valence-electron chi connectivity index (χ2n) is 2.61. The summed E-state index contributed by atoms with van der Waals surface area (Å²) in [6.45, 7) is 0. The maximum absolute atomic E-state index is 11.4. The van der Waals surface area contributed by atoms with E-state index in [1.807, 2.05) is 0 Å². The quantitative estimate of drug-likeness (QED) is 0.499. The van der Waals surface area contributed by atoms with Crippen molar-refractivity contribution in [2.24, 2.45) is 0 Å². The van der Waals surface area contributed by atoms with Crippen molar-refractivity contribution in [2.45, 2.75) is 4.90 Å². The summed E-state index contributed by atoms with van der Waals surface area (Å²) < 4.78 is 29.8. The summed E-state index contributed by atoms with van der Waals surface area (Å²) in [6.07, 6.45) is -1.16. The minimum atomic E-state index is -3.99. The van der Waals surface area contributed by atoms with E-state index in [2.05, 4.69) is 9.46 Å². The SMILES string of the molecule is COC(=O)[N-]S(=O)(=O)c1ccc(N)cc1.[K+].